The van der Waals surface area contributed by atoms with Crippen molar-refractivity contribution in [2.75, 3.05) is 12.4 Å². The van der Waals surface area contributed by atoms with E-state index in [1.807, 2.05) is 24.3 Å². The Morgan fingerprint density at radius 1 is 1.04 bits per heavy atom. The molecule has 2 aliphatic heterocycles. The fraction of sp³-hybridized carbons (Fsp3) is 0.435. The SMILES string of the molecule is COc1ccc(NC(=O)NC2C[C@H]3CCC[C@@H](C2)[NH+]3Cc2ccccc2)cc1. The second kappa shape index (κ2) is 8.65. The lowest BCUT2D eigenvalue weighted by atomic mass is 9.81. The van der Waals surface area contributed by atoms with Gasteiger partial charge in [0, 0.05) is 30.1 Å². The Morgan fingerprint density at radius 2 is 1.71 bits per heavy atom. The lowest BCUT2D eigenvalue weighted by Gasteiger charge is -2.46. The van der Waals surface area contributed by atoms with E-state index in [1.165, 1.54) is 24.8 Å². The summed E-state index contributed by atoms with van der Waals surface area (Å²) in [6.45, 7) is 1.10. The zero-order valence-electron chi connectivity index (χ0n) is 16.5. The number of carbonyl (C=O) groups is 1. The zero-order valence-corrected chi connectivity index (χ0v) is 16.5. The van der Waals surface area contributed by atoms with Gasteiger partial charge in [-0.15, -0.1) is 0 Å². The number of methoxy groups -OCH3 is 1. The second-order valence-electron chi connectivity index (χ2n) is 8.06. The van der Waals surface area contributed by atoms with Crippen LogP contribution in [0, 0.1) is 0 Å². The van der Waals surface area contributed by atoms with Gasteiger partial charge < -0.3 is 20.3 Å². The molecular weight excluding hydrogens is 350 g/mol. The monoisotopic (exact) mass is 380 g/mol. The Bertz CT molecular complexity index is 764. The number of fused-ring (bicyclic) bond motifs is 2. The molecule has 0 saturated carbocycles. The maximum atomic E-state index is 12.5. The number of urea groups is 1. The van der Waals surface area contributed by atoms with E-state index < -0.39 is 0 Å². The smallest absolute Gasteiger partial charge is 0.319 e. The molecule has 0 spiro atoms. The fourth-order valence-electron chi connectivity index (χ4n) is 4.90. The summed E-state index contributed by atoms with van der Waals surface area (Å²) in [7, 11) is 1.64. The van der Waals surface area contributed by atoms with E-state index in [0.29, 0.717) is 12.1 Å². The van der Waals surface area contributed by atoms with Gasteiger partial charge in [-0.25, -0.2) is 4.79 Å². The molecule has 2 aromatic carbocycles. The van der Waals surface area contributed by atoms with Crippen molar-refractivity contribution < 1.29 is 14.4 Å². The minimum atomic E-state index is -0.111. The van der Waals surface area contributed by atoms with Crippen molar-refractivity contribution in [3.05, 3.63) is 60.2 Å². The quantitative estimate of drug-likeness (QED) is 0.747. The van der Waals surface area contributed by atoms with Crippen LogP contribution in [0.1, 0.15) is 37.7 Å². The minimum absolute atomic E-state index is 0.111. The van der Waals surface area contributed by atoms with Crippen molar-refractivity contribution >= 4 is 11.7 Å². The molecule has 148 valence electrons. The highest BCUT2D eigenvalue weighted by molar-refractivity contribution is 5.89. The van der Waals surface area contributed by atoms with Crippen molar-refractivity contribution in [1.29, 1.82) is 0 Å². The van der Waals surface area contributed by atoms with Gasteiger partial charge >= 0.3 is 6.03 Å². The molecule has 2 fully saturated rings. The molecule has 2 aliphatic rings. The van der Waals surface area contributed by atoms with Gasteiger partial charge in [-0.05, 0) is 43.5 Å². The Labute approximate surface area is 167 Å². The number of carbonyl (C=O) groups excluding carboxylic acids is 1. The van der Waals surface area contributed by atoms with E-state index in [4.69, 9.17) is 4.74 Å². The van der Waals surface area contributed by atoms with Crippen molar-refractivity contribution in [1.82, 2.24) is 5.32 Å². The van der Waals surface area contributed by atoms with Gasteiger partial charge in [0.05, 0.1) is 19.2 Å². The van der Waals surface area contributed by atoms with Gasteiger partial charge in [-0.2, -0.15) is 0 Å². The number of nitrogens with one attached hydrogen (secondary N) is 3. The topological polar surface area (TPSA) is 54.8 Å². The van der Waals surface area contributed by atoms with Crippen molar-refractivity contribution in [3.63, 3.8) is 0 Å². The number of hydrogen-bond acceptors (Lipinski definition) is 2. The summed E-state index contributed by atoms with van der Waals surface area (Å²) < 4.78 is 5.16. The van der Waals surface area contributed by atoms with Gasteiger partial charge in [-0.1, -0.05) is 30.3 Å². The number of amides is 2. The average molecular weight is 381 g/mol. The molecule has 2 aromatic rings. The van der Waals surface area contributed by atoms with Crippen molar-refractivity contribution in [2.45, 2.75) is 56.8 Å². The molecule has 2 heterocycles. The lowest BCUT2D eigenvalue weighted by molar-refractivity contribution is -0.973. The first-order valence-electron chi connectivity index (χ1n) is 10.3. The molecule has 0 radical (unpaired) electrons. The van der Waals surface area contributed by atoms with E-state index >= 15 is 0 Å². The fourth-order valence-corrected chi connectivity index (χ4v) is 4.90. The van der Waals surface area contributed by atoms with Gasteiger partial charge in [-0.3, -0.25) is 0 Å². The highest BCUT2D eigenvalue weighted by Gasteiger charge is 2.42. The zero-order chi connectivity index (χ0) is 19.3. The van der Waals surface area contributed by atoms with Crippen LogP contribution in [0.15, 0.2) is 54.6 Å². The molecule has 2 bridgehead atoms. The number of ether oxygens (including phenoxy) is 1. The summed E-state index contributed by atoms with van der Waals surface area (Å²) in [5.41, 5.74) is 2.20. The van der Waals surface area contributed by atoms with E-state index in [1.54, 1.807) is 12.0 Å². The van der Waals surface area contributed by atoms with Gasteiger partial charge in [0.25, 0.3) is 0 Å². The standard InChI is InChI=1S/C23H29N3O2/c1-28-22-12-10-18(11-13-22)24-23(27)25-19-14-20-8-5-9-21(15-19)26(20)16-17-6-3-2-4-7-17/h2-4,6-7,10-13,19-21H,5,8-9,14-16H2,1H3,(H2,24,25,27)/p+1/t19?,20-,21+. The molecule has 3 N–H and O–H groups in total. The van der Waals surface area contributed by atoms with E-state index in [2.05, 4.69) is 41.0 Å². The summed E-state index contributed by atoms with van der Waals surface area (Å²) in [5.74, 6) is 0.785. The predicted octanol–water partition coefficient (Wildman–Crippen LogP) is 2.99. The molecule has 5 heteroatoms. The molecule has 5 nitrogen and oxygen atoms in total. The summed E-state index contributed by atoms with van der Waals surface area (Å²) >= 11 is 0. The Hall–Kier alpha value is -2.53. The van der Waals surface area contributed by atoms with Crippen LogP contribution in [-0.2, 0) is 6.54 Å². The lowest BCUT2D eigenvalue weighted by Crippen LogP contribution is -3.20. The van der Waals surface area contributed by atoms with Crippen LogP contribution in [0.3, 0.4) is 0 Å². The summed E-state index contributed by atoms with van der Waals surface area (Å²) in [4.78, 5) is 14.2. The molecule has 0 aromatic heterocycles. The van der Waals surface area contributed by atoms with Crippen LogP contribution in [0.25, 0.3) is 0 Å². The van der Waals surface area contributed by atoms with Crippen LogP contribution in [-0.4, -0.2) is 31.3 Å². The van der Waals surface area contributed by atoms with Crippen LogP contribution in [0.5, 0.6) is 5.75 Å². The second-order valence-corrected chi connectivity index (χ2v) is 8.06. The maximum absolute atomic E-state index is 12.5. The van der Waals surface area contributed by atoms with Crippen LogP contribution >= 0.6 is 0 Å². The highest BCUT2D eigenvalue weighted by Crippen LogP contribution is 2.23. The van der Waals surface area contributed by atoms with E-state index in [0.717, 1.165) is 30.8 Å². The number of quaternary nitrogens is 1. The first-order valence-corrected chi connectivity index (χ1v) is 10.3. The molecule has 28 heavy (non-hydrogen) atoms. The van der Waals surface area contributed by atoms with E-state index in [-0.39, 0.29) is 12.1 Å². The molecule has 4 rings (SSSR count). The third-order valence-corrected chi connectivity index (χ3v) is 6.23. The number of piperidine rings is 2. The summed E-state index contributed by atoms with van der Waals surface area (Å²) in [6.07, 6.45) is 5.97. The van der Waals surface area contributed by atoms with Crippen LogP contribution in [0.2, 0.25) is 0 Å². The molecule has 2 amide bonds. The predicted molar refractivity (Wildman–Crippen MR) is 111 cm³/mol. The summed E-state index contributed by atoms with van der Waals surface area (Å²) in [5, 5.41) is 6.16. The Balaban J connectivity index is 1.33. The van der Waals surface area contributed by atoms with Crippen molar-refractivity contribution in [2.24, 2.45) is 0 Å². The number of hydrogen-bond donors (Lipinski definition) is 3. The number of benzene rings is 2. The van der Waals surface area contributed by atoms with Crippen molar-refractivity contribution in [3.8, 4) is 5.75 Å². The Morgan fingerprint density at radius 3 is 2.36 bits per heavy atom. The normalized spacial score (nSPS) is 26.3. The third kappa shape index (κ3) is 4.47. The number of rotatable bonds is 5. The number of anilines is 1. The maximum Gasteiger partial charge on any atom is 0.319 e. The highest BCUT2D eigenvalue weighted by atomic mass is 16.5. The molecule has 0 aliphatic carbocycles. The third-order valence-electron chi connectivity index (χ3n) is 6.23. The first kappa shape index (κ1) is 18.8. The summed E-state index contributed by atoms with van der Waals surface area (Å²) in [6, 6.07) is 19.6. The van der Waals surface area contributed by atoms with Gasteiger partial charge in [0.2, 0.25) is 0 Å². The molecule has 4 atom stereocenters. The van der Waals surface area contributed by atoms with Gasteiger partial charge in [0.1, 0.15) is 12.3 Å². The van der Waals surface area contributed by atoms with Gasteiger partial charge in [0.15, 0.2) is 0 Å². The Kier molecular flexibility index (Phi) is 5.81. The first-order chi connectivity index (χ1) is 13.7. The molecule has 2 saturated heterocycles. The van der Waals surface area contributed by atoms with Crippen LogP contribution < -0.4 is 20.3 Å². The molecule has 2 unspecified atom stereocenters. The van der Waals surface area contributed by atoms with E-state index in [9.17, 15) is 4.79 Å². The minimum Gasteiger partial charge on any atom is -0.497 e. The largest absolute Gasteiger partial charge is 0.497 e. The molecular formula is C23H30N3O2+. The van der Waals surface area contributed by atoms with Crippen LogP contribution in [0.4, 0.5) is 10.5 Å². The average Bonchev–Trinajstić information content (AvgIpc) is 2.70.